The quantitative estimate of drug-likeness (QED) is 0.791. The Kier molecular flexibility index (Phi) is 4.44. The van der Waals surface area contributed by atoms with E-state index >= 15 is 0 Å². The molecule has 0 aliphatic heterocycles. The van der Waals surface area contributed by atoms with Crippen molar-refractivity contribution < 1.29 is 4.79 Å². The van der Waals surface area contributed by atoms with E-state index in [1.54, 1.807) is 16.8 Å². The molecule has 3 heterocycles. The second-order valence-corrected chi connectivity index (χ2v) is 5.94. The molecule has 0 atom stereocenters. The molecule has 3 aromatic rings. The Bertz CT molecular complexity index is 981. The molecular formula is C18H18N6O. The van der Waals surface area contributed by atoms with Crippen molar-refractivity contribution in [2.45, 2.75) is 33.6 Å². The van der Waals surface area contributed by atoms with E-state index in [1.807, 2.05) is 26.8 Å². The largest absolute Gasteiger partial charge is 0.311 e. The molecule has 0 spiro atoms. The van der Waals surface area contributed by atoms with Gasteiger partial charge in [-0.25, -0.2) is 14.5 Å². The zero-order valence-electron chi connectivity index (χ0n) is 14.4. The monoisotopic (exact) mass is 334 g/mol. The average molecular weight is 334 g/mol. The zero-order chi connectivity index (χ0) is 18.0. The van der Waals surface area contributed by atoms with Crippen LogP contribution in [-0.4, -0.2) is 25.5 Å². The Balaban J connectivity index is 1.75. The second kappa shape index (κ2) is 6.69. The molecule has 0 bridgehead atoms. The van der Waals surface area contributed by atoms with Gasteiger partial charge in [-0.2, -0.15) is 10.4 Å². The summed E-state index contributed by atoms with van der Waals surface area (Å²) < 4.78 is 1.65. The Morgan fingerprint density at radius 2 is 2.08 bits per heavy atom. The summed E-state index contributed by atoms with van der Waals surface area (Å²) in [4.78, 5) is 20.8. The normalized spacial score (nSPS) is 10.6. The van der Waals surface area contributed by atoms with Crippen LogP contribution in [0.15, 0.2) is 24.5 Å². The second-order valence-electron chi connectivity index (χ2n) is 5.94. The van der Waals surface area contributed by atoms with Crippen LogP contribution in [0.5, 0.6) is 0 Å². The molecule has 0 aromatic carbocycles. The van der Waals surface area contributed by atoms with Crippen LogP contribution in [-0.2, 0) is 11.2 Å². The topological polar surface area (TPSA) is 96.0 Å². The molecule has 1 N–H and O–H groups in total. The number of nitriles is 1. The molecule has 0 aliphatic carbocycles. The van der Waals surface area contributed by atoms with Crippen molar-refractivity contribution in [1.29, 1.82) is 5.26 Å². The van der Waals surface area contributed by atoms with Gasteiger partial charge >= 0.3 is 0 Å². The van der Waals surface area contributed by atoms with Crippen molar-refractivity contribution in [2.24, 2.45) is 0 Å². The number of pyridine rings is 1. The van der Waals surface area contributed by atoms with Crippen LogP contribution < -0.4 is 5.32 Å². The first-order chi connectivity index (χ1) is 12.0. The highest BCUT2D eigenvalue weighted by Crippen LogP contribution is 2.18. The van der Waals surface area contributed by atoms with Crippen molar-refractivity contribution in [2.75, 3.05) is 5.32 Å². The lowest BCUT2D eigenvalue weighted by molar-refractivity contribution is -0.116. The molecule has 0 saturated heterocycles. The van der Waals surface area contributed by atoms with Gasteiger partial charge in [0.15, 0.2) is 5.65 Å². The number of hydrogen-bond donors (Lipinski definition) is 1. The summed E-state index contributed by atoms with van der Waals surface area (Å²) in [6.07, 6.45) is 4.08. The summed E-state index contributed by atoms with van der Waals surface area (Å²) >= 11 is 0. The number of hydrogen-bond acceptors (Lipinski definition) is 5. The highest BCUT2D eigenvalue weighted by molar-refractivity contribution is 5.89. The van der Waals surface area contributed by atoms with Crippen LogP contribution in [0.2, 0.25) is 0 Å². The summed E-state index contributed by atoms with van der Waals surface area (Å²) in [7, 11) is 0. The fourth-order valence-electron chi connectivity index (χ4n) is 2.74. The minimum absolute atomic E-state index is 0.103. The average Bonchev–Trinajstić information content (AvgIpc) is 2.99. The molecule has 0 unspecified atom stereocenters. The van der Waals surface area contributed by atoms with Gasteiger partial charge in [0.1, 0.15) is 17.5 Å². The van der Waals surface area contributed by atoms with E-state index in [2.05, 4.69) is 26.5 Å². The minimum Gasteiger partial charge on any atom is -0.311 e. The molecule has 3 aromatic heterocycles. The van der Waals surface area contributed by atoms with Gasteiger partial charge < -0.3 is 5.32 Å². The molecule has 0 aliphatic rings. The van der Waals surface area contributed by atoms with Gasteiger partial charge in [-0.3, -0.25) is 4.79 Å². The van der Waals surface area contributed by atoms with Crippen LogP contribution in [0.4, 0.5) is 5.82 Å². The Morgan fingerprint density at radius 3 is 2.76 bits per heavy atom. The maximum Gasteiger partial charge on any atom is 0.225 e. The number of nitrogens with zero attached hydrogens (tertiary/aromatic N) is 5. The summed E-state index contributed by atoms with van der Waals surface area (Å²) in [5, 5.41) is 16.1. The van der Waals surface area contributed by atoms with Crippen LogP contribution in [0.25, 0.3) is 5.65 Å². The zero-order valence-corrected chi connectivity index (χ0v) is 14.4. The number of aryl methyl sites for hydroxylation is 3. The molecule has 7 heteroatoms. The van der Waals surface area contributed by atoms with Crippen molar-refractivity contribution in [3.8, 4) is 6.07 Å². The number of carbonyl (C=O) groups excluding carboxylic acids is 1. The maximum absolute atomic E-state index is 12.2. The van der Waals surface area contributed by atoms with E-state index < -0.39 is 0 Å². The van der Waals surface area contributed by atoms with Crippen molar-refractivity contribution in [3.05, 3.63) is 52.6 Å². The number of aromatic nitrogens is 4. The lowest BCUT2D eigenvalue weighted by Crippen LogP contribution is -2.15. The van der Waals surface area contributed by atoms with Crippen LogP contribution in [0.3, 0.4) is 0 Å². The van der Waals surface area contributed by atoms with Crippen LogP contribution in [0.1, 0.15) is 34.5 Å². The third-order valence-corrected chi connectivity index (χ3v) is 4.11. The summed E-state index contributed by atoms with van der Waals surface area (Å²) in [5.74, 6) is 0.441. The standard InChI is InChI=1S/C18H18N6O/c1-11-4-6-16(20-9-11)23-17(25)7-5-15-12(2)22-18-14(8-19)10-21-24(18)13(15)3/h4,6,9-10H,5,7H2,1-3H3,(H,20,23,25). The number of nitrogens with one attached hydrogen (secondary N) is 1. The first-order valence-corrected chi connectivity index (χ1v) is 7.96. The van der Waals surface area contributed by atoms with E-state index in [4.69, 9.17) is 5.26 Å². The summed E-state index contributed by atoms with van der Waals surface area (Å²) in [6.45, 7) is 5.75. The van der Waals surface area contributed by atoms with E-state index in [0.717, 1.165) is 22.5 Å². The molecule has 0 radical (unpaired) electrons. The van der Waals surface area contributed by atoms with E-state index in [-0.39, 0.29) is 5.91 Å². The highest BCUT2D eigenvalue weighted by Gasteiger charge is 2.14. The fraction of sp³-hybridized carbons (Fsp3) is 0.278. The maximum atomic E-state index is 12.2. The molecule has 25 heavy (non-hydrogen) atoms. The number of rotatable bonds is 4. The van der Waals surface area contributed by atoms with E-state index in [0.29, 0.717) is 29.9 Å². The van der Waals surface area contributed by atoms with E-state index in [1.165, 1.54) is 6.20 Å². The van der Waals surface area contributed by atoms with Crippen LogP contribution in [0, 0.1) is 32.1 Å². The molecule has 1 amide bonds. The molecule has 126 valence electrons. The van der Waals surface area contributed by atoms with Crippen molar-refractivity contribution in [3.63, 3.8) is 0 Å². The van der Waals surface area contributed by atoms with Gasteiger partial charge in [-0.1, -0.05) is 6.07 Å². The Morgan fingerprint density at radius 1 is 1.28 bits per heavy atom. The number of carbonyl (C=O) groups is 1. The van der Waals surface area contributed by atoms with Gasteiger partial charge in [-0.15, -0.1) is 0 Å². The van der Waals surface area contributed by atoms with Crippen molar-refractivity contribution >= 4 is 17.4 Å². The fourth-order valence-corrected chi connectivity index (χ4v) is 2.74. The summed E-state index contributed by atoms with van der Waals surface area (Å²) in [5.41, 5.74) is 4.70. The summed E-state index contributed by atoms with van der Waals surface area (Å²) in [6, 6.07) is 5.77. The van der Waals surface area contributed by atoms with Gasteiger partial charge in [0, 0.05) is 24.0 Å². The smallest absolute Gasteiger partial charge is 0.225 e. The Labute approximate surface area is 145 Å². The molecule has 7 nitrogen and oxygen atoms in total. The first-order valence-electron chi connectivity index (χ1n) is 7.96. The van der Waals surface area contributed by atoms with Gasteiger partial charge in [0.25, 0.3) is 0 Å². The molecule has 0 fully saturated rings. The predicted molar refractivity (Wildman–Crippen MR) is 93.1 cm³/mol. The van der Waals surface area contributed by atoms with Gasteiger partial charge in [0.2, 0.25) is 5.91 Å². The third-order valence-electron chi connectivity index (χ3n) is 4.11. The number of anilines is 1. The first kappa shape index (κ1) is 16.6. The lowest BCUT2D eigenvalue weighted by Gasteiger charge is -2.11. The lowest BCUT2D eigenvalue weighted by atomic mass is 10.1. The predicted octanol–water partition coefficient (Wildman–Crippen LogP) is 2.49. The van der Waals surface area contributed by atoms with Gasteiger partial charge in [-0.05, 0) is 44.4 Å². The van der Waals surface area contributed by atoms with Crippen LogP contribution >= 0.6 is 0 Å². The Hall–Kier alpha value is -3.27. The molecule has 3 rings (SSSR count). The SMILES string of the molecule is Cc1ccc(NC(=O)CCc2c(C)nc3c(C#N)cnn3c2C)nc1. The number of amides is 1. The van der Waals surface area contributed by atoms with Gasteiger partial charge in [0.05, 0.1) is 6.20 Å². The number of fused-ring (bicyclic) bond motifs is 1. The third kappa shape index (κ3) is 3.33. The highest BCUT2D eigenvalue weighted by atomic mass is 16.1. The molecular weight excluding hydrogens is 316 g/mol. The van der Waals surface area contributed by atoms with Crippen molar-refractivity contribution in [1.82, 2.24) is 19.6 Å². The van der Waals surface area contributed by atoms with E-state index in [9.17, 15) is 4.79 Å². The minimum atomic E-state index is -0.103. The molecule has 0 saturated carbocycles.